The third-order valence-electron chi connectivity index (χ3n) is 9.96. The largest absolute Gasteiger partial charge is 0.478 e. The molecule has 0 heterocycles. The molecule has 31 nitrogen and oxygen atoms in total. The van der Waals surface area contributed by atoms with Crippen molar-refractivity contribution in [3.05, 3.63) is 141 Å². The fourth-order valence-corrected chi connectivity index (χ4v) is 6.56. The molecule has 0 saturated heterocycles. The smallest absolute Gasteiger partial charge is 0.338 e. The Hall–Kier alpha value is -10.9. The summed E-state index contributed by atoms with van der Waals surface area (Å²) in [5, 5.41) is 83.1. The molecule has 25 N–H and O–H groups in total. The van der Waals surface area contributed by atoms with Crippen molar-refractivity contribution in [2.45, 2.75) is 43.5 Å². The first-order chi connectivity index (χ1) is 35.4. The summed E-state index contributed by atoms with van der Waals surface area (Å²) in [5.74, 6) is -13.3. The number of aliphatic hydroxyl groups is 1. The number of non-ortho nitro benzene ring substituents is 1. The van der Waals surface area contributed by atoms with Gasteiger partial charge >= 0.3 is 5.97 Å². The van der Waals surface area contributed by atoms with Crippen LogP contribution >= 0.6 is 0 Å². The quantitative estimate of drug-likeness (QED) is 0.00791. The van der Waals surface area contributed by atoms with E-state index in [4.69, 9.17) is 50.3 Å². The molecule has 0 aliphatic rings. The van der Waals surface area contributed by atoms with Crippen molar-refractivity contribution in [2.24, 2.45) is 28.7 Å². The van der Waals surface area contributed by atoms with Crippen LogP contribution in [0.4, 0.5) is 11.4 Å². The number of amides is 6. The van der Waals surface area contributed by atoms with E-state index in [1.165, 1.54) is 24.3 Å². The number of carboxylic acids is 1. The van der Waals surface area contributed by atoms with Crippen LogP contribution in [0.2, 0.25) is 0 Å². The summed E-state index contributed by atoms with van der Waals surface area (Å²) in [7, 11) is 0. The Labute approximate surface area is 424 Å². The van der Waals surface area contributed by atoms with Crippen LogP contribution in [0.1, 0.15) is 38.7 Å². The number of nitrogens with two attached hydrogens (primary N) is 5. The van der Waals surface area contributed by atoms with Crippen LogP contribution in [0.15, 0.2) is 103 Å². The van der Waals surface area contributed by atoms with E-state index in [1.54, 1.807) is 30.3 Å². The van der Waals surface area contributed by atoms with E-state index in [0.717, 1.165) is 34.2 Å². The first-order valence-corrected chi connectivity index (χ1v) is 21.5. The van der Waals surface area contributed by atoms with Crippen LogP contribution in [0.25, 0.3) is 12.2 Å². The van der Waals surface area contributed by atoms with Crippen molar-refractivity contribution in [3.63, 3.8) is 0 Å². The van der Waals surface area contributed by atoms with Gasteiger partial charge in [-0.3, -0.25) is 60.5 Å². The van der Waals surface area contributed by atoms with Gasteiger partial charge in [0.15, 0.2) is 48.5 Å². The van der Waals surface area contributed by atoms with Crippen molar-refractivity contribution in [2.75, 3.05) is 4.90 Å². The summed E-state index contributed by atoms with van der Waals surface area (Å²) in [4.78, 5) is 105. The zero-order valence-corrected chi connectivity index (χ0v) is 39.0. The fourth-order valence-electron chi connectivity index (χ4n) is 6.56. The van der Waals surface area contributed by atoms with Crippen molar-refractivity contribution < 1.29 is 48.7 Å². The summed E-state index contributed by atoms with van der Waals surface area (Å²) < 4.78 is 0. The molecule has 31 heteroatoms. The molecular formula is C44H52N20O11. The van der Waals surface area contributed by atoms with Gasteiger partial charge in [-0.25, -0.2) is 4.79 Å². The van der Waals surface area contributed by atoms with Gasteiger partial charge in [0.05, 0.1) is 16.2 Å². The second-order valence-corrected chi connectivity index (χ2v) is 15.5. The highest BCUT2D eigenvalue weighted by atomic mass is 16.6. The van der Waals surface area contributed by atoms with Crippen molar-refractivity contribution in [1.29, 1.82) is 21.6 Å². The van der Waals surface area contributed by atoms with E-state index >= 15 is 0 Å². The van der Waals surface area contributed by atoms with Gasteiger partial charge in [-0.2, -0.15) is 0 Å². The molecule has 4 rings (SSSR count). The number of carbonyl (C=O) groups is 7. The molecule has 6 amide bonds. The first-order valence-electron chi connectivity index (χ1n) is 21.5. The highest BCUT2D eigenvalue weighted by molar-refractivity contribution is 6.00. The summed E-state index contributed by atoms with van der Waals surface area (Å²) in [6, 6.07) is 24.1. The average Bonchev–Trinajstić information content (AvgIpc) is 3.35. The van der Waals surface area contributed by atoms with E-state index in [-0.39, 0.29) is 11.3 Å². The molecular weight excluding hydrogens is 985 g/mol. The van der Waals surface area contributed by atoms with E-state index in [0.29, 0.717) is 5.56 Å². The number of aliphatic hydroxyl groups excluding tert-OH is 1. The monoisotopic (exact) mass is 1040 g/mol. The molecule has 0 aliphatic carbocycles. The molecule has 0 aliphatic heterocycles. The van der Waals surface area contributed by atoms with Crippen LogP contribution in [-0.2, 0) is 35.3 Å². The summed E-state index contributed by atoms with van der Waals surface area (Å²) >= 11 is 0. The Kier molecular flexibility index (Phi) is 20.0. The predicted molar refractivity (Wildman–Crippen MR) is 268 cm³/mol. The molecule has 0 fully saturated rings. The summed E-state index contributed by atoms with van der Waals surface area (Å²) in [6.45, 7) is -0.396. The predicted octanol–water partition coefficient (Wildman–Crippen LogP) is -4.17. The highest BCUT2D eigenvalue weighted by Crippen LogP contribution is 2.29. The van der Waals surface area contributed by atoms with Crippen LogP contribution in [0, 0.1) is 31.8 Å². The number of carbonyl (C=O) groups excluding carboxylic acids is 6. The topological polar surface area (TPSA) is 540 Å². The summed E-state index contributed by atoms with van der Waals surface area (Å²) in [6.07, 6.45) is -6.87. The van der Waals surface area contributed by atoms with E-state index in [2.05, 4.69) is 31.9 Å². The van der Waals surface area contributed by atoms with E-state index in [1.807, 2.05) is 58.4 Å². The lowest BCUT2D eigenvalue weighted by atomic mass is 10.0. The van der Waals surface area contributed by atoms with Gasteiger partial charge in [0, 0.05) is 18.7 Å². The van der Waals surface area contributed by atoms with Gasteiger partial charge in [0.2, 0.25) is 12.1 Å². The second-order valence-electron chi connectivity index (χ2n) is 15.5. The standard InChI is InChI=1S/C44H52N20O11/c45-29(65)30(59-41(46)47)55-35(67)32(61-43(50)51)57-37(69)33(62-44(52)53)58-36(68)31(60-42(48)49)56-34(66)28(24-9-5-2-6-10-24)54-38(70)39(71)63(27-18-17-25(64(74)75)19-26(27)40(72)73)20-23-15-13-22(14-16-23)12-11-21-7-3-1-4-8-21/h1-19,28,30-33,39,71H,20H2,(H2,45,65)(H,54,70)(H,55,67)(H,56,66)(H,57,69)(H,58,68)(H,72,73)(H4,46,47,59)(H4,48,49,60)(H4,50,51,61)(H4,52,53,62)/b12-11+. The maximum atomic E-state index is 14.3. The molecule has 75 heavy (non-hydrogen) atoms. The minimum atomic E-state index is -2.36. The Morgan fingerprint density at radius 2 is 0.987 bits per heavy atom. The molecule has 6 atom stereocenters. The van der Waals surface area contributed by atoms with Gasteiger partial charge < -0.3 is 91.6 Å². The van der Waals surface area contributed by atoms with Crippen molar-refractivity contribution >= 4 is 88.8 Å². The molecule has 0 spiro atoms. The van der Waals surface area contributed by atoms with Gasteiger partial charge in [0.25, 0.3) is 35.2 Å². The Balaban J connectivity index is 1.66. The number of primary amides is 1. The number of anilines is 1. The fraction of sp³-hybridized carbons (Fsp3) is 0.159. The SMILES string of the molecule is N=C(N)NC(NC(=O)C(NC(=N)N)NC(=O)C(NC(=N)N)NC(=O)C(NC(=N)N)NC(=O)C(NC(=O)C(O)N(Cc1ccc(/C=C/c2ccccc2)cc1)c1ccc([N+](=O)[O-])cc1C(=O)O)c1ccccc1)C(N)=O. The molecule has 4 aromatic rings. The van der Waals surface area contributed by atoms with Crippen LogP contribution in [0.3, 0.4) is 0 Å². The normalized spacial score (nSPS) is 13.0. The number of benzene rings is 4. The van der Waals surface area contributed by atoms with Crippen molar-refractivity contribution in [3.8, 4) is 0 Å². The number of nitrogens with zero attached hydrogens (tertiary/aromatic N) is 2. The van der Waals surface area contributed by atoms with Crippen LogP contribution < -0.4 is 81.4 Å². The minimum absolute atomic E-state index is 0.0136. The van der Waals surface area contributed by atoms with Crippen LogP contribution in [0.5, 0.6) is 0 Å². The summed E-state index contributed by atoms with van der Waals surface area (Å²) in [5.41, 5.74) is 27.2. The number of hydrogen-bond acceptors (Lipinski definition) is 15. The number of rotatable bonds is 24. The molecule has 394 valence electrons. The number of aromatic carboxylic acids is 1. The molecule has 0 aromatic heterocycles. The molecule has 0 radical (unpaired) electrons. The second kappa shape index (κ2) is 26.4. The Morgan fingerprint density at radius 3 is 1.43 bits per heavy atom. The van der Waals surface area contributed by atoms with Gasteiger partial charge in [-0.05, 0) is 28.3 Å². The maximum Gasteiger partial charge on any atom is 0.338 e. The number of carboxylic acid groups (broad SMARTS) is 1. The lowest BCUT2D eigenvalue weighted by molar-refractivity contribution is -0.384. The first kappa shape index (κ1) is 56.7. The van der Waals surface area contributed by atoms with Crippen LogP contribution in [-0.4, -0.2) is 111 Å². The number of hydrogen-bond donors (Lipinski definition) is 20. The molecule has 6 unspecified atom stereocenters. The zero-order valence-electron chi connectivity index (χ0n) is 39.0. The third kappa shape index (κ3) is 17.2. The Bertz CT molecular complexity index is 2850. The van der Waals surface area contributed by atoms with Gasteiger partial charge in [0.1, 0.15) is 6.04 Å². The number of nitrogens with one attached hydrogen (secondary N) is 13. The minimum Gasteiger partial charge on any atom is -0.478 e. The highest BCUT2D eigenvalue weighted by Gasteiger charge is 2.36. The molecule has 0 bridgehead atoms. The van der Waals surface area contributed by atoms with E-state index in [9.17, 15) is 53.9 Å². The lowest BCUT2D eigenvalue weighted by Crippen LogP contribution is -2.68. The zero-order chi connectivity index (χ0) is 55.5. The van der Waals surface area contributed by atoms with Gasteiger partial charge in [-0.15, -0.1) is 0 Å². The number of guanidine groups is 4. The van der Waals surface area contributed by atoms with Crippen molar-refractivity contribution in [1.82, 2.24) is 47.9 Å². The third-order valence-corrected chi connectivity index (χ3v) is 9.96. The number of nitro benzene ring substituents is 1. The van der Waals surface area contributed by atoms with E-state index < -0.39 is 125 Å². The molecule has 4 aromatic carbocycles. The number of nitro groups is 1. The maximum absolute atomic E-state index is 14.3. The molecule has 0 saturated carbocycles. The lowest BCUT2D eigenvalue weighted by Gasteiger charge is -2.32. The average molecular weight is 1040 g/mol. The van der Waals surface area contributed by atoms with Gasteiger partial charge in [-0.1, -0.05) is 97.1 Å². The Morgan fingerprint density at radius 1 is 0.560 bits per heavy atom.